The van der Waals surface area contributed by atoms with Crippen LogP contribution < -0.4 is 5.48 Å². The normalized spacial score (nSPS) is 25.9. The lowest BCUT2D eigenvalue weighted by atomic mass is 9.77. The first-order valence-corrected chi connectivity index (χ1v) is 6.19. The fourth-order valence-electron chi connectivity index (χ4n) is 1.94. The number of hydroxylamine groups is 1. The second-order valence-corrected chi connectivity index (χ2v) is 4.68. The lowest BCUT2D eigenvalue weighted by Crippen LogP contribution is -2.39. The predicted octanol–water partition coefficient (Wildman–Crippen LogP) is 0.732. The number of hydrogen-bond donors (Lipinski definition) is 2. The number of ketones is 1. The van der Waals surface area contributed by atoms with Crippen LogP contribution in [0.4, 0.5) is 0 Å². The van der Waals surface area contributed by atoms with E-state index in [-0.39, 0.29) is 5.78 Å². The first kappa shape index (κ1) is 14.0. The minimum atomic E-state index is -2.55. The molecule has 1 aliphatic rings. The van der Waals surface area contributed by atoms with Crippen molar-refractivity contribution in [3.8, 4) is 0 Å². The molecule has 1 rings (SSSR count). The third-order valence-electron chi connectivity index (χ3n) is 2.82. The van der Waals surface area contributed by atoms with Crippen LogP contribution in [0.15, 0.2) is 11.6 Å². The van der Waals surface area contributed by atoms with Crippen molar-refractivity contribution in [2.24, 2.45) is 11.8 Å². The second-order valence-electron chi connectivity index (χ2n) is 4.08. The van der Waals surface area contributed by atoms with Crippen molar-refractivity contribution in [2.75, 3.05) is 0 Å². The molecule has 3 atom stereocenters. The van der Waals surface area contributed by atoms with Crippen LogP contribution in [0.2, 0.25) is 0 Å². The highest BCUT2D eigenvalue weighted by molar-refractivity contribution is 7.74. The molecule has 0 bridgehead atoms. The Kier molecular flexibility index (Phi) is 4.98. The number of carbonyl (C=O) groups is 2. The summed E-state index contributed by atoms with van der Waals surface area (Å²) in [5.74, 6) is -1.55. The predicted molar refractivity (Wildman–Crippen MR) is 60.7 cm³/mol. The largest absolute Gasteiger partial charge is 0.324 e. The molecule has 1 amide bonds. The number of nitrogens with one attached hydrogen (secondary N) is 1. The molecule has 1 aliphatic carbocycles. The molecule has 0 aromatic heterocycles. The molecular formula is C10H15NO5S. The molecule has 7 heteroatoms. The van der Waals surface area contributed by atoms with Crippen LogP contribution in [-0.2, 0) is 25.2 Å². The Morgan fingerprint density at radius 2 is 2.18 bits per heavy atom. The molecule has 0 saturated heterocycles. The average Bonchev–Trinajstić information content (AvgIpc) is 2.25. The van der Waals surface area contributed by atoms with Gasteiger partial charge in [-0.25, -0.2) is 5.48 Å². The Balaban J connectivity index is 2.71. The zero-order chi connectivity index (χ0) is 13.0. The molecule has 17 heavy (non-hydrogen) atoms. The van der Waals surface area contributed by atoms with E-state index in [1.807, 2.05) is 18.5 Å². The van der Waals surface area contributed by atoms with Crippen molar-refractivity contribution >= 4 is 23.1 Å². The van der Waals surface area contributed by atoms with Crippen LogP contribution in [-0.4, -0.2) is 20.5 Å². The van der Waals surface area contributed by atoms with Crippen molar-refractivity contribution in [1.29, 1.82) is 0 Å². The van der Waals surface area contributed by atoms with Crippen molar-refractivity contribution in [1.82, 2.24) is 5.48 Å². The van der Waals surface area contributed by atoms with Crippen LogP contribution >= 0.6 is 0 Å². The molecule has 0 heterocycles. The van der Waals surface area contributed by atoms with Crippen molar-refractivity contribution in [2.45, 2.75) is 26.7 Å². The first-order valence-electron chi connectivity index (χ1n) is 5.16. The minimum absolute atomic E-state index is 0.0704. The Hall–Kier alpha value is -1.05. The Labute approximate surface area is 102 Å². The molecular weight excluding hydrogens is 246 g/mol. The van der Waals surface area contributed by atoms with E-state index in [2.05, 4.69) is 4.28 Å². The molecule has 0 aromatic carbocycles. The summed E-state index contributed by atoms with van der Waals surface area (Å²) < 4.78 is 22.8. The molecule has 0 spiro atoms. The zero-order valence-electron chi connectivity index (χ0n) is 9.63. The van der Waals surface area contributed by atoms with Gasteiger partial charge in [0.2, 0.25) is 5.91 Å². The van der Waals surface area contributed by atoms with Gasteiger partial charge in [-0.3, -0.25) is 14.1 Å². The summed E-state index contributed by atoms with van der Waals surface area (Å²) in [5.41, 5.74) is 2.91. The highest BCUT2D eigenvalue weighted by Crippen LogP contribution is 2.30. The molecule has 0 radical (unpaired) electrons. The molecule has 0 saturated carbocycles. The summed E-state index contributed by atoms with van der Waals surface area (Å²) in [6.07, 6.45) is 2.90. The summed E-state index contributed by atoms with van der Waals surface area (Å²) >= 11 is -2.55. The monoisotopic (exact) mass is 261 g/mol. The smallest absolute Gasteiger partial charge is 0.300 e. The van der Waals surface area contributed by atoms with Crippen LogP contribution in [0.1, 0.15) is 26.7 Å². The third-order valence-corrected chi connectivity index (χ3v) is 3.05. The first-order chi connectivity index (χ1) is 7.91. The van der Waals surface area contributed by atoms with Gasteiger partial charge in [-0.05, 0) is 26.7 Å². The highest BCUT2D eigenvalue weighted by atomic mass is 32.2. The number of rotatable bonds is 4. The topological polar surface area (TPSA) is 92.7 Å². The Bertz CT molecular complexity index is 379. The summed E-state index contributed by atoms with van der Waals surface area (Å²) in [5, 5.41) is 0. The van der Waals surface area contributed by atoms with Gasteiger partial charge in [-0.1, -0.05) is 11.6 Å². The second kappa shape index (κ2) is 6.04. The van der Waals surface area contributed by atoms with Crippen LogP contribution in [0.3, 0.4) is 0 Å². The van der Waals surface area contributed by atoms with Gasteiger partial charge in [0.25, 0.3) is 0 Å². The van der Waals surface area contributed by atoms with Gasteiger partial charge < -0.3 is 0 Å². The lowest BCUT2D eigenvalue weighted by molar-refractivity contribution is -0.137. The quantitative estimate of drug-likeness (QED) is 0.442. The fraction of sp³-hybridized carbons (Fsp3) is 0.600. The average molecular weight is 261 g/mol. The van der Waals surface area contributed by atoms with Crippen molar-refractivity contribution < 1.29 is 22.6 Å². The molecule has 2 N–H and O–H groups in total. The number of hydrogen-bond acceptors (Lipinski definition) is 4. The Morgan fingerprint density at radius 1 is 1.53 bits per heavy atom. The molecule has 0 aliphatic heterocycles. The van der Waals surface area contributed by atoms with Crippen molar-refractivity contribution in [3.05, 3.63) is 11.6 Å². The van der Waals surface area contributed by atoms with E-state index in [1.54, 1.807) is 0 Å². The van der Waals surface area contributed by atoms with Gasteiger partial charge in [0.1, 0.15) is 5.78 Å². The molecule has 0 aromatic rings. The van der Waals surface area contributed by atoms with Gasteiger partial charge in [0, 0.05) is 5.92 Å². The minimum Gasteiger partial charge on any atom is -0.300 e. The zero-order valence-corrected chi connectivity index (χ0v) is 10.5. The Morgan fingerprint density at radius 3 is 2.71 bits per heavy atom. The molecule has 3 unspecified atom stereocenters. The van der Waals surface area contributed by atoms with E-state index in [1.165, 1.54) is 6.92 Å². The van der Waals surface area contributed by atoms with Gasteiger partial charge in [-0.2, -0.15) is 4.21 Å². The van der Waals surface area contributed by atoms with Crippen molar-refractivity contribution in [3.63, 3.8) is 0 Å². The van der Waals surface area contributed by atoms with E-state index in [0.717, 1.165) is 5.57 Å². The molecule has 6 nitrogen and oxygen atoms in total. The number of allylic oxidation sites excluding steroid dienone is 2. The lowest BCUT2D eigenvalue weighted by Gasteiger charge is -2.27. The number of amides is 1. The van der Waals surface area contributed by atoms with Gasteiger partial charge in [0.15, 0.2) is 0 Å². The third kappa shape index (κ3) is 4.03. The summed E-state index contributed by atoms with van der Waals surface area (Å²) in [7, 11) is 0. The summed E-state index contributed by atoms with van der Waals surface area (Å²) in [6, 6.07) is 0. The van der Waals surface area contributed by atoms with Gasteiger partial charge in [-0.15, -0.1) is 4.28 Å². The van der Waals surface area contributed by atoms with E-state index >= 15 is 0 Å². The number of Topliss-reactive ketones (excluding diaryl/α,β-unsaturated/α-hetero) is 1. The maximum Gasteiger partial charge on any atom is 0.324 e. The number of carbonyl (C=O) groups excluding carboxylic acids is 2. The van der Waals surface area contributed by atoms with E-state index in [4.69, 9.17) is 4.55 Å². The van der Waals surface area contributed by atoms with Gasteiger partial charge >= 0.3 is 11.4 Å². The summed E-state index contributed by atoms with van der Waals surface area (Å²) in [6.45, 7) is 3.31. The molecule has 0 fully saturated rings. The highest BCUT2D eigenvalue weighted by Gasteiger charge is 2.33. The fourth-order valence-corrected chi connectivity index (χ4v) is 2.10. The SMILES string of the molecule is CC(=O)C1CC=C(C)CC1C(=O)NOS(=O)O. The van der Waals surface area contributed by atoms with Crippen LogP contribution in [0, 0.1) is 11.8 Å². The standard InChI is InChI=1S/C10H15NO5S/c1-6-3-4-8(7(2)12)9(5-6)10(13)11-16-17(14)15/h3,8-9H,4-5H2,1-2H3,(H,11,13)(H,14,15). The maximum atomic E-state index is 11.7. The van der Waals surface area contributed by atoms with Crippen LogP contribution in [0.5, 0.6) is 0 Å². The van der Waals surface area contributed by atoms with Gasteiger partial charge in [0.05, 0.1) is 5.92 Å². The van der Waals surface area contributed by atoms with E-state index < -0.39 is 29.1 Å². The maximum absolute atomic E-state index is 11.7. The van der Waals surface area contributed by atoms with E-state index in [0.29, 0.717) is 12.8 Å². The summed E-state index contributed by atoms with van der Waals surface area (Å²) in [4.78, 5) is 23.1. The van der Waals surface area contributed by atoms with E-state index in [9.17, 15) is 13.8 Å². The molecule has 96 valence electrons. The van der Waals surface area contributed by atoms with Crippen LogP contribution in [0.25, 0.3) is 0 Å².